The van der Waals surface area contributed by atoms with E-state index in [1.165, 1.54) is 302 Å². The normalized spacial score (nSPS) is 12.6. The predicted octanol–water partition coefficient (Wildman–Crippen LogP) is 21.8. The van der Waals surface area contributed by atoms with Gasteiger partial charge in [0.1, 0.15) is 0 Å². The van der Waals surface area contributed by atoms with E-state index in [1.807, 2.05) is 0 Å². The fourth-order valence-electron chi connectivity index (χ4n) is 10.7. The van der Waals surface area contributed by atoms with Crippen molar-refractivity contribution in [1.82, 2.24) is 5.32 Å². The maximum Gasteiger partial charge on any atom is 0.305 e. The van der Waals surface area contributed by atoms with Crippen molar-refractivity contribution in [2.75, 3.05) is 13.2 Å². The Bertz CT molecular complexity index is 1170. The van der Waals surface area contributed by atoms with Gasteiger partial charge in [0.15, 0.2) is 0 Å². The summed E-state index contributed by atoms with van der Waals surface area (Å²) in [5.41, 5.74) is 0. The SMILES string of the molecule is CCCCC/C=C\CCCCCCCC(=O)OCCCCCCCCCCCCCC/C=C\CCCCCCCCCCCC(=O)NC(CO)C(O)CCCCCCCCCCCCCCCCCCCCCCC. The van der Waals surface area contributed by atoms with E-state index < -0.39 is 12.1 Å². The maximum absolute atomic E-state index is 12.5. The van der Waals surface area contributed by atoms with Crippen molar-refractivity contribution < 1.29 is 24.5 Å². The number of hydrogen-bond acceptors (Lipinski definition) is 5. The molecular weight excluding hydrogens is 923 g/mol. The third kappa shape index (κ3) is 61.4. The Morgan fingerprint density at radius 2 is 0.627 bits per heavy atom. The minimum atomic E-state index is -0.667. The van der Waals surface area contributed by atoms with Crippen LogP contribution in [0.3, 0.4) is 0 Å². The zero-order chi connectivity index (χ0) is 54.3. The number of rotatable bonds is 64. The standard InChI is InChI=1S/C69H133NO5/c1-3-5-7-9-11-13-15-17-18-19-20-26-29-32-35-38-41-45-49-53-57-61-67(72)66(65-71)70-68(73)62-58-54-50-46-42-39-36-33-30-27-24-22-21-23-25-28-31-34-37-40-44-48-52-56-60-64-75-69(74)63-59-55-51-47-43-16-14-12-10-8-6-4-2/h12,14,22,24,66-67,71-72H,3-11,13,15-21,23,25-65H2,1-2H3,(H,70,73)/b14-12-,24-22-. The topological polar surface area (TPSA) is 95.9 Å². The summed E-state index contributed by atoms with van der Waals surface area (Å²) in [6.45, 7) is 4.96. The lowest BCUT2D eigenvalue weighted by Crippen LogP contribution is -2.45. The van der Waals surface area contributed by atoms with Crippen LogP contribution < -0.4 is 5.32 Å². The highest BCUT2D eigenvalue weighted by Crippen LogP contribution is 2.18. The molecule has 2 atom stereocenters. The molecule has 75 heavy (non-hydrogen) atoms. The molecule has 444 valence electrons. The van der Waals surface area contributed by atoms with Crippen molar-refractivity contribution in [2.24, 2.45) is 0 Å². The Labute approximate surface area is 469 Å². The van der Waals surface area contributed by atoms with Gasteiger partial charge in [-0.1, -0.05) is 314 Å². The van der Waals surface area contributed by atoms with Crippen LogP contribution in [0.5, 0.6) is 0 Å². The number of unbranched alkanes of at least 4 members (excludes halogenated alkanes) is 49. The van der Waals surface area contributed by atoms with Crippen LogP contribution in [0.4, 0.5) is 0 Å². The first-order chi connectivity index (χ1) is 37.0. The summed E-state index contributed by atoms with van der Waals surface area (Å²) < 4.78 is 5.47. The van der Waals surface area contributed by atoms with Crippen LogP contribution in [-0.4, -0.2) is 47.4 Å². The summed E-state index contributed by atoms with van der Waals surface area (Å²) >= 11 is 0. The van der Waals surface area contributed by atoms with E-state index in [-0.39, 0.29) is 18.5 Å². The molecule has 0 aromatic carbocycles. The van der Waals surface area contributed by atoms with Gasteiger partial charge in [-0.2, -0.15) is 0 Å². The lowest BCUT2D eigenvalue weighted by molar-refractivity contribution is -0.143. The number of aliphatic hydroxyl groups is 2. The smallest absolute Gasteiger partial charge is 0.305 e. The number of ether oxygens (including phenoxy) is 1. The number of carbonyl (C=O) groups is 2. The summed E-state index contributed by atoms with van der Waals surface area (Å²) in [5, 5.41) is 23.4. The van der Waals surface area contributed by atoms with Gasteiger partial charge in [-0.15, -0.1) is 0 Å². The number of hydrogen-bond donors (Lipinski definition) is 3. The number of amides is 1. The molecule has 0 spiro atoms. The highest BCUT2D eigenvalue weighted by Gasteiger charge is 2.20. The van der Waals surface area contributed by atoms with Gasteiger partial charge in [-0.05, 0) is 77.0 Å². The highest BCUT2D eigenvalue weighted by molar-refractivity contribution is 5.76. The van der Waals surface area contributed by atoms with E-state index in [2.05, 4.69) is 43.5 Å². The van der Waals surface area contributed by atoms with Crippen LogP contribution in [-0.2, 0) is 14.3 Å². The molecule has 6 nitrogen and oxygen atoms in total. The highest BCUT2D eigenvalue weighted by atomic mass is 16.5. The van der Waals surface area contributed by atoms with Gasteiger partial charge in [0.2, 0.25) is 5.91 Å². The second kappa shape index (κ2) is 64.9. The van der Waals surface area contributed by atoms with Crippen molar-refractivity contribution >= 4 is 11.9 Å². The number of allylic oxidation sites excluding steroid dienone is 4. The first-order valence-corrected chi connectivity index (χ1v) is 34.1. The average molecular weight is 1060 g/mol. The molecule has 1 amide bonds. The van der Waals surface area contributed by atoms with E-state index in [9.17, 15) is 19.8 Å². The Kier molecular flexibility index (Phi) is 63.4. The maximum atomic E-state index is 12.5. The predicted molar refractivity (Wildman–Crippen MR) is 329 cm³/mol. The van der Waals surface area contributed by atoms with Gasteiger partial charge in [0.25, 0.3) is 0 Å². The molecule has 0 aromatic rings. The Morgan fingerprint density at radius 1 is 0.360 bits per heavy atom. The van der Waals surface area contributed by atoms with E-state index in [0.29, 0.717) is 25.9 Å². The molecule has 0 aromatic heterocycles. The molecule has 0 rings (SSSR count). The minimum absolute atomic E-state index is 0.00398. The third-order valence-electron chi connectivity index (χ3n) is 16.0. The molecule has 0 heterocycles. The molecule has 0 saturated heterocycles. The van der Waals surface area contributed by atoms with Gasteiger partial charge in [-0.25, -0.2) is 0 Å². The second-order valence-electron chi connectivity index (χ2n) is 23.5. The summed E-state index contributed by atoms with van der Waals surface area (Å²) in [6, 6.07) is -0.545. The van der Waals surface area contributed by atoms with Crippen molar-refractivity contribution in [3.63, 3.8) is 0 Å². The lowest BCUT2D eigenvalue weighted by Gasteiger charge is -2.22. The van der Waals surface area contributed by atoms with Crippen LogP contribution in [0, 0.1) is 0 Å². The monoisotopic (exact) mass is 1060 g/mol. The molecule has 3 N–H and O–H groups in total. The minimum Gasteiger partial charge on any atom is -0.466 e. The average Bonchev–Trinajstić information content (AvgIpc) is 3.41. The Balaban J connectivity index is 3.40. The molecule has 0 saturated carbocycles. The number of nitrogens with one attached hydrogen (secondary N) is 1. The van der Waals surface area contributed by atoms with Gasteiger partial charge in [0.05, 0.1) is 25.4 Å². The van der Waals surface area contributed by atoms with E-state index in [4.69, 9.17) is 4.74 Å². The molecule has 0 fully saturated rings. The molecule has 0 aliphatic heterocycles. The first kappa shape index (κ1) is 73.3. The van der Waals surface area contributed by atoms with E-state index in [1.54, 1.807) is 0 Å². The third-order valence-corrected chi connectivity index (χ3v) is 16.0. The van der Waals surface area contributed by atoms with Crippen molar-refractivity contribution in [1.29, 1.82) is 0 Å². The van der Waals surface area contributed by atoms with E-state index in [0.717, 1.165) is 44.9 Å². The van der Waals surface area contributed by atoms with Crippen LogP contribution >= 0.6 is 0 Å². The van der Waals surface area contributed by atoms with Gasteiger partial charge >= 0.3 is 5.97 Å². The zero-order valence-corrected chi connectivity index (χ0v) is 50.8. The summed E-state index contributed by atoms with van der Waals surface area (Å²) in [7, 11) is 0. The van der Waals surface area contributed by atoms with Crippen molar-refractivity contribution in [2.45, 2.75) is 392 Å². The molecule has 0 bridgehead atoms. The van der Waals surface area contributed by atoms with Crippen LogP contribution in [0.15, 0.2) is 24.3 Å². The van der Waals surface area contributed by atoms with Crippen LogP contribution in [0.1, 0.15) is 380 Å². The van der Waals surface area contributed by atoms with E-state index >= 15 is 0 Å². The lowest BCUT2D eigenvalue weighted by atomic mass is 10.0. The fourth-order valence-corrected chi connectivity index (χ4v) is 10.7. The van der Waals surface area contributed by atoms with Crippen LogP contribution in [0.25, 0.3) is 0 Å². The quantitative estimate of drug-likeness (QED) is 0.0320. The fraction of sp³-hybridized carbons (Fsp3) is 0.913. The first-order valence-electron chi connectivity index (χ1n) is 34.1. The zero-order valence-electron chi connectivity index (χ0n) is 50.8. The molecule has 0 aliphatic rings. The molecule has 2 unspecified atom stereocenters. The van der Waals surface area contributed by atoms with Gasteiger partial charge in [-0.3, -0.25) is 9.59 Å². The Morgan fingerprint density at radius 3 is 0.973 bits per heavy atom. The summed E-state index contributed by atoms with van der Waals surface area (Å²) in [6.07, 6.45) is 80.7. The Hall–Kier alpha value is -1.66. The van der Waals surface area contributed by atoms with Gasteiger partial charge < -0.3 is 20.3 Å². The molecular formula is C69H133NO5. The second-order valence-corrected chi connectivity index (χ2v) is 23.5. The summed E-state index contributed by atoms with van der Waals surface area (Å²) in [4.78, 5) is 24.6. The largest absolute Gasteiger partial charge is 0.466 e. The number of esters is 1. The van der Waals surface area contributed by atoms with Crippen LogP contribution in [0.2, 0.25) is 0 Å². The van der Waals surface area contributed by atoms with Crippen molar-refractivity contribution in [3.8, 4) is 0 Å². The number of carbonyl (C=O) groups excluding carboxylic acids is 2. The summed E-state index contributed by atoms with van der Waals surface area (Å²) in [5.74, 6) is -0.0301. The van der Waals surface area contributed by atoms with Crippen molar-refractivity contribution in [3.05, 3.63) is 24.3 Å². The molecule has 0 radical (unpaired) electrons. The molecule has 6 heteroatoms. The number of aliphatic hydroxyl groups excluding tert-OH is 2. The van der Waals surface area contributed by atoms with Gasteiger partial charge in [0, 0.05) is 12.8 Å². The molecule has 0 aliphatic carbocycles.